The zero-order valence-corrected chi connectivity index (χ0v) is 8.03. The first kappa shape index (κ1) is 9.87. The molecule has 0 radical (unpaired) electrons. The summed E-state index contributed by atoms with van der Waals surface area (Å²) in [5, 5.41) is 8.52. The van der Waals surface area contributed by atoms with Gasteiger partial charge in [0.2, 0.25) is 0 Å². The topological polar surface area (TPSA) is 37.3 Å². The Hall–Kier alpha value is -0.210. The molecule has 0 spiro atoms. The van der Waals surface area contributed by atoms with Crippen LogP contribution in [-0.4, -0.2) is 11.1 Å². The average molecular weight is 209 g/mol. The maximum atomic E-state index is 10.3. The monoisotopic (exact) mass is 208 g/mol. The van der Waals surface area contributed by atoms with Crippen LogP contribution < -0.4 is 0 Å². The Bertz CT molecular complexity index is 219. The maximum absolute atomic E-state index is 10.3. The SMILES string of the molecule is O=C(O)C[C@H]1CCC(=C(Cl)Cl)C1. The second kappa shape index (κ2) is 4.15. The Balaban J connectivity index is 2.46. The van der Waals surface area contributed by atoms with Gasteiger partial charge in [-0.1, -0.05) is 23.2 Å². The molecule has 1 saturated carbocycles. The predicted molar refractivity (Wildman–Crippen MR) is 48.3 cm³/mol. The molecule has 2 nitrogen and oxygen atoms in total. The Morgan fingerprint density at radius 1 is 1.58 bits per heavy atom. The van der Waals surface area contributed by atoms with Crippen molar-refractivity contribution < 1.29 is 9.90 Å². The van der Waals surface area contributed by atoms with E-state index in [1.165, 1.54) is 0 Å². The van der Waals surface area contributed by atoms with Gasteiger partial charge in [0, 0.05) is 6.42 Å². The molecule has 1 rings (SSSR count). The molecule has 0 bridgehead atoms. The fourth-order valence-corrected chi connectivity index (χ4v) is 1.87. The van der Waals surface area contributed by atoms with E-state index in [0.29, 0.717) is 4.49 Å². The molecule has 0 aromatic heterocycles. The molecule has 4 heteroatoms. The molecular weight excluding hydrogens is 199 g/mol. The highest BCUT2D eigenvalue weighted by Crippen LogP contribution is 2.36. The number of carbonyl (C=O) groups is 1. The van der Waals surface area contributed by atoms with Gasteiger partial charge in [-0.25, -0.2) is 0 Å². The average Bonchev–Trinajstić information content (AvgIpc) is 2.34. The van der Waals surface area contributed by atoms with Gasteiger partial charge in [0.1, 0.15) is 4.49 Å². The van der Waals surface area contributed by atoms with Crippen LogP contribution in [0.4, 0.5) is 0 Å². The van der Waals surface area contributed by atoms with Gasteiger partial charge in [0.15, 0.2) is 0 Å². The molecule has 0 heterocycles. The lowest BCUT2D eigenvalue weighted by Gasteiger charge is -2.02. The number of carboxylic acid groups (broad SMARTS) is 1. The van der Waals surface area contributed by atoms with Gasteiger partial charge in [-0.15, -0.1) is 0 Å². The van der Waals surface area contributed by atoms with Crippen molar-refractivity contribution in [1.29, 1.82) is 0 Å². The van der Waals surface area contributed by atoms with Crippen LogP contribution in [0.15, 0.2) is 10.1 Å². The van der Waals surface area contributed by atoms with Crippen LogP contribution in [0.1, 0.15) is 25.7 Å². The van der Waals surface area contributed by atoms with E-state index in [1.54, 1.807) is 0 Å². The third kappa shape index (κ3) is 2.68. The zero-order valence-electron chi connectivity index (χ0n) is 6.52. The molecule has 12 heavy (non-hydrogen) atoms. The van der Waals surface area contributed by atoms with E-state index in [2.05, 4.69) is 0 Å². The highest BCUT2D eigenvalue weighted by Gasteiger charge is 2.23. The van der Waals surface area contributed by atoms with Crippen molar-refractivity contribution in [1.82, 2.24) is 0 Å². The van der Waals surface area contributed by atoms with Gasteiger partial charge in [-0.05, 0) is 30.8 Å². The Kier molecular flexibility index (Phi) is 3.41. The predicted octanol–water partition coefficient (Wildman–Crippen LogP) is 2.95. The van der Waals surface area contributed by atoms with Crippen LogP contribution >= 0.6 is 23.2 Å². The summed E-state index contributed by atoms with van der Waals surface area (Å²) in [7, 11) is 0. The minimum atomic E-state index is -0.744. The van der Waals surface area contributed by atoms with E-state index in [4.69, 9.17) is 28.3 Å². The third-order valence-corrected chi connectivity index (χ3v) is 2.65. The maximum Gasteiger partial charge on any atom is 0.303 e. The zero-order chi connectivity index (χ0) is 9.14. The first-order chi connectivity index (χ1) is 5.59. The summed E-state index contributed by atoms with van der Waals surface area (Å²) in [6.07, 6.45) is 2.71. The minimum Gasteiger partial charge on any atom is -0.481 e. The van der Waals surface area contributed by atoms with Crippen LogP contribution in [0.3, 0.4) is 0 Å². The van der Waals surface area contributed by atoms with E-state index in [1.807, 2.05) is 0 Å². The van der Waals surface area contributed by atoms with Crippen molar-refractivity contribution >= 4 is 29.2 Å². The summed E-state index contributed by atoms with van der Waals surface area (Å²) in [5.74, 6) is -0.517. The number of hydrogen-bond donors (Lipinski definition) is 1. The van der Waals surface area contributed by atoms with Gasteiger partial charge < -0.3 is 5.11 Å². The standard InChI is InChI=1S/C8H10Cl2O2/c9-8(10)6-2-1-5(3-6)4-7(11)12/h5H,1-4H2,(H,11,12)/t5-/m0/s1. The van der Waals surface area contributed by atoms with Gasteiger partial charge in [0.05, 0.1) is 0 Å². The Labute approximate surface area is 81.2 Å². The van der Waals surface area contributed by atoms with Crippen LogP contribution in [-0.2, 0) is 4.79 Å². The second-order valence-corrected chi connectivity index (χ2v) is 4.02. The quantitative estimate of drug-likeness (QED) is 0.758. The van der Waals surface area contributed by atoms with Crippen molar-refractivity contribution in [3.63, 3.8) is 0 Å². The molecular formula is C8H10Cl2O2. The Morgan fingerprint density at radius 2 is 2.25 bits per heavy atom. The van der Waals surface area contributed by atoms with Crippen LogP contribution in [0.2, 0.25) is 0 Å². The smallest absolute Gasteiger partial charge is 0.303 e. The molecule has 0 amide bonds. The van der Waals surface area contributed by atoms with Crippen molar-refractivity contribution in [2.75, 3.05) is 0 Å². The molecule has 0 aliphatic heterocycles. The number of allylic oxidation sites excluding steroid dienone is 1. The molecule has 1 atom stereocenters. The van der Waals surface area contributed by atoms with Crippen LogP contribution in [0.25, 0.3) is 0 Å². The molecule has 1 aliphatic carbocycles. The van der Waals surface area contributed by atoms with Gasteiger partial charge in [-0.2, -0.15) is 0 Å². The molecule has 1 aliphatic rings. The van der Waals surface area contributed by atoms with Crippen molar-refractivity contribution in [3.8, 4) is 0 Å². The molecule has 1 N–H and O–H groups in total. The number of aliphatic carboxylic acids is 1. The molecule has 1 fully saturated rings. The largest absolute Gasteiger partial charge is 0.481 e. The summed E-state index contributed by atoms with van der Waals surface area (Å²) < 4.78 is 0.322. The normalized spacial score (nSPS) is 22.8. The van der Waals surface area contributed by atoms with E-state index >= 15 is 0 Å². The van der Waals surface area contributed by atoms with Gasteiger partial charge in [-0.3, -0.25) is 4.79 Å². The van der Waals surface area contributed by atoms with Gasteiger partial charge in [0.25, 0.3) is 0 Å². The molecule has 0 unspecified atom stereocenters. The first-order valence-electron chi connectivity index (χ1n) is 3.84. The fourth-order valence-electron chi connectivity index (χ4n) is 1.52. The van der Waals surface area contributed by atoms with Crippen LogP contribution in [0, 0.1) is 5.92 Å². The fraction of sp³-hybridized carbons (Fsp3) is 0.625. The second-order valence-electron chi connectivity index (χ2n) is 3.07. The van der Waals surface area contributed by atoms with E-state index in [-0.39, 0.29) is 12.3 Å². The first-order valence-corrected chi connectivity index (χ1v) is 4.60. The number of halogens is 2. The lowest BCUT2D eigenvalue weighted by Crippen LogP contribution is -2.03. The van der Waals surface area contributed by atoms with Crippen molar-refractivity contribution in [2.45, 2.75) is 25.7 Å². The summed E-state index contributed by atoms with van der Waals surface area (Å²) >= 11 is 11.2. The summed E-state index contributed by atoms with van der Waals surface area (Å²) in [4.78, 5) is 10.3. The summed E-state index contributed by atoms with van der Waals surface area (Å²) in [5.41, 5.74) is 1.00. The van der Waals surface area contributed by atoms with Crippen molar-refractivity contribution in [3.05, 3.63) is 10.1 Å². The third-order valence-electron chi connectivity index (χ3n) is 2.12. The molecule has 0 aromatic carbocycles. The molecule has 68 valence electrons. The number of hydrogen-bond acceptors (Lipinski definition) is 1. The van der Waals surface area contributed by atoms with Crippen LogP contribution in [0.5, 0.6) is 0 Å². The molecule has 0 aromatic rings. The Morgan fingerprint density at radius 3 is 2.67 bits per heavy atom. The minimum absolute atomic E-state index is 0.227. The summed E-state index contributed by atoms with van der Waals surface area (Å²) in [6.45, 7) is 0. The number of carboxylic acids is 1. The highest BCUT2D eigenvalue weighted by molar-refractivity contribution is 6.56. The lowest BCUT2D eigenvalue weighted by molar-refractivity contribution is -0.138. The van der Waals surface area contributed by atoms with E-state index in [0.717, 1.165) is 24.8 Å². The van der Waals surface area contributed by atoms with Crippen molar-refractivity contribution in [2.24, 2.45) is 5.92 Å². The van der Waals surface area contributed by atoms with Gasteiger partial charge >= 0.3 is 5.97 Å². The van der Waals surface area contributed by atoms with E-state index < -0.39 is 5.97 Å². The van der Waals surface area contributed by atoms with E-state index in [9.17, 15) is 4.79 Å². The lowest BCUT2D eigenvalue weighted by atomic mass is 10.0. The number of rotatable bonds is 2. The highest BCUT2D eigenvalue weighted by atomic mass is 35.5. The summed E-state index contributed by atoms with van der Waals surface area (Å²) in [6, 6.07) is 0. The molecule has 0 saturated heterocycles.